The van der Waals surface area contributed by atoms with Gasteiger partial charge in [-0.3, -0.25) is 0 Å². The van der Waals surface area contributed by atoms with Crippen molar-refractivity contribution in [1.29, 1.82) is 0 Å². The van der Waals surface area contributed by atoms with E-state index in [9.17, 15) is 5.11 Å². The van der Waals surface area contributed by atoms with Crippen molar-refractivity contribution in [2.24, 2.45) is 0 Å². The van der Waals surface area contributed by atoms with E-state index in [0.29, 0.717) is 0 Å². The standard InChI is InChI=1S/C11H12N2O/c1-8-6-9(2)13(12-8)10-4-3-5-11(14)7-10/h3-7,14H,1-2H3. The molecule has 2 rings (SSSR count). The van der Waals surface area contributed by atoms with Gasteiger partial charge in [0.25, 0.3) is 0 Å². The Morgan fingerprint density at radius 2 is 2.00 bits per heavy atom. The summed E-state index contributed by atoms with van der Waals surface area (Å²) in [5, 5.41) is 13.7. The fraction of sp³-hybridized carbons (Fsp3) is 0.182. The molecule has 3 heteroatoms. The second kappa shape index (κ2) is 3.18. The summed E-state index contributed by atoms with van der Waals surface area (Å²) < 4.78 is 1.81. The maximum absolute atomic E-state index is 9.33. The van der Waals surface area contributed by atoms with E-state index in [4.69, 9.17) is 0 Å². The highest BCUT2D eigenvalue weighted by Crippen LogP contribution is 2.16. The first-order valence-corrected chi connectivity index (χ1v) is 4.49. The zero-order valence-electron chi connectivity index (χ0n) is 8.23. The van der Waals surface area contributed by atoms with E-state index in [1.807, 2.05) is 30.7 Å². The molecule has 0 bridgehead atoms. The third-order valence-corrected chi connectivity index (χ3v) is 2.08. The number of benzene rings is 1. The zero-order valence-corrected chi connectivity index (χ0v) is 8.23. The summed E-state index contributed by atoms with van der Waals surface area (Å²) in [4.78, 5) is 0. The monoisotopic (exact) mass is 188 g/mol. The number of aromatic nitrogens is 2. The summed E-state index contributed by atoms with van der Waals surface area (Å²) in [5.41, 5.74) is 2.93. The van der Waals surface area contributed by atoms with Gasteiger partial charge in [0, 0.05) is 11.8 Å². The Kier molecular flexibility index (Phi) is 2.00. The van der Waals surface area contributed by atoms with E-state index in [0.717, 1.165) is 17.1 Å². The van der Waals surface area contributed by atoms with Crippen LogP contribution in [0.1, 0.15) is 11.4 Å². The lowest BCUT2D eigenvalue weighted by atomic mass is 10.3. The van der Waals surface area contributed by atoms with Crippen LogP contribution >= 0.6 is 0 Å². The number of aromatic hydroxyl groups is 1. The highest BCUT2D eigenvalue weighted by molar-refractivity contribution is 5.39. The van der Waals surface area contributed by atoms with Crippen LogP contribution in [0.15, 0.2) is 30.3 Å². The van der Waals surface area contributed by atoms with Crippen molar-refractivity contribution in [2.45, 2.75) is 13.8 Å². The van der Waals surface area contributed by atoms with Gasteiger partial charge in [0.1, 0.15) is 5.75 Å². The van der Waals surface area contributed by atoms with Gasteiger partial charge in [-0.15, -0.1) is 0 Å². The molecule has 1 aromatic heterocycles. The van der Waals surface area contributed by atoms with Crippen LogP contribution < -0.4 is 0 Å². The van der Waals surface area contributed by atoms with Gasteiger partial charge in [-0.25, -0.2) is 4.68 Å². The fourth-order valence-electron chi connectivity index (χ4n) is 1.52. The largest absolute Gasteiger partial charge is 0.508 e. The molecule has 0 fully saturated rings. The van der Waals surface area contributed by atoms with E-state index in [2.05, 4.69) is 5.10 Å². The number of rotatable bonds is 1. The van der Waals surface area contributed by atoms with Gasteiger partial charge >= 0.3 is 0 Å². The number of phenols is 1. The molecular weight excluding hydrogens is 176 g/mol. The summed E-state index contributed by atoms with van der Waals surface area (Å²) in [7, 11) is 0. The molecule has 1 aromatic carbocycles. The van der Waals surface area contributed by atoms with E-state index >= 15 is 0 Å². The van der Waals surface area contributed by atoms with E-state index in [-0.39, 0.29) is 5.75 Å². The number of phenolic OH excluding ortho intramolecular Hbond substituents is 1. The fourth-order valence-corrected chi connectivity index (χ4v) is 1.52. The molecule has 0 saturated carbocycles. The quantitative estimate of drug-likeness (QED) is 0.745. The van der Waals surface area contributed by atoms with E-state index in [1.165, 1.54) is 0 Å². The molecule has 1 N–H and O–H groups in total. The number of hydrogen-bond acceptors (Lipinski definition) is 2. The molecular formula is C11H12N2O. The Labute approximate surface area is 82.6 Å². The van der Waals surface area contributed by atoms with Crippen LogP contribution in [0.2, 0.25) is 0 Å². The molecule has 3 nitrogen and oxygen atoms in total. The van der Waals surface area contributed by atoms with Gasteiger partial charge in [-0.2, -0.15) is 5.10 Å². The first-order valence-electron chi connectivity index (χ1n) is 4.49. The molecule has 0 aliphatic carbocycles. The molecule has 2 aromatic rings. The lowest BCUT2D eigenvalue weighted by molar-refractivity contribution is 0.474. The predicted octanol–water partition coefficient (Wildman–Crippen LogP) is 2.19. The van der Waals surface area contributed by atoms with Gasteiger partial charge < -0.3 is 5.11 Å². The molecule has 0 radical (unpaired) electrons. The molecule has 1 heterocycles. The average Bonchev–Trinajstić information content (AvgIpc) is 2.45. The van der Waals surface area contributed by atoms with Crippen molar-refractivity contribution in [3.8, 4) is 11.4 Å². The van der Waals surface area contributed by atoms with Gasteiger partial charge in [-0.1, -0.05) is 6.07 Å². The second-order valence-electron chi connectivity index (χ2n) is 3.36. The molecule has 0 aliphatic rings. The Balaban J connectivity index is 2.54. The average molecular weight is 188 g/mol. The molecule has 0 saturated heterocycles. The lowest BCUT2D eigenvalue weighted by Crippen LogP contribution is -1.98. The third-order valence-electron chi connectivity index (χ3n) is 2.08. The zero-order chi connectivity index (χ0) is 10.1. The molecule has 0 unspecified atom stereocenters. The van der Waals surface area contributed by atoms with Crippen LogP contribution in [-0.2, 0) is 0 Å². The number of hydrogen-bond donors (Lipinski definition) is 1. The lowest BCUT2D eigenvalue weighted by Gasteiger charge is -2.03. The van der Waals surface area contributed by atoms with Gasteiger partial charge in [-0.05, 0) is 32.0 Å². The molecule has 0 aliphatic heterocycles. The van der Waals surface area contributed by atoms with Crippen LogP contribution in [0.3, 0.4) is 0 Å². The molecule has 0 amide bonds. The minimum atomic E-state index is 0.259. The summed E-state index contributed by atoms with van der Waals surface area (Å²) in [6.45, 7) is 3.94. The summed E-state index contributed by atoms with van der Waals surface area (Å²) in [6.07, 6.45) is 0. The summed E-state index contributed by atoms with van der Waals surface area (Å²) in [5.74, 6) is 0.259. The van der Waals surface area contributed by atoms with Crippen LogP contribution in [0, 0.1) is 13.8 Å². The van der Waals surface area contributed by atoms with Crippen molar-refractivity contribution < 1.29 is 5.11 Å². The highest BCUT2D eigenvalue weighted by atomic mass is 16.3. The highest BCUT2D eigenvalue weighted by Gasteiger charge is 2.03. The summed E-state index contributed by atoms with van der Waals surface area (Å²) in [6, 6.07) is 9.07. The van der Waals surface area contributed by atoms with Gasteiger partial charge in [0.2, 0.25) is 0 Å². The second-order valence-corrected chi connectivity index (χ2v) is 3.36. The number of aryl methyl sites for hydroxylation is 2. The van der Waals surface area contributed by atoms with Crippen molar-refractivity contribution in [3.63, 3.8) is 0 Å². The molecule has 14 heavy (non-hydrogen) atoms. The van der Waals surface area contributed by atoms with Crippen LogP contribution in [0.4, 0.5) is 0 Å². The van der Waals surface area contributed by atoms with Crippen molar-refractivity contribution in [1.82, 2.24) is 9.78 Å². The predicted molar refractivity (Wildman–Crippen MR) is 54.7 cm³/mol. The smallest absolute Gasteiger partial charge is 0.117 e. The summed E-state index contributed by atoms with van der Waals surface area (Å²) >= 11 is 0. The van der Waals surface area contributed by atoms with Crippen molar-refractivity contribution >= 4 is 0 Å². The normalized spacial score (nSPS) is 10.4. The van der Waals surface area contributed by atoms with Crippen LogP contribution in [0.25, 0.3) is 5.69 Å². The maximum atomic E-state index is 9.33. The topological polar surface area (TPSA) is 38.0 Å². The molecule has 0 spiro atoms. The molecule has 0 atom stereocenters. The minimum Gasteiger partial charge on any atom is -0.508 e. The Morgan fingerprint density at radius 3 is 2.57 bits per heavy atom. The number of nitrogens with zero attached hydrogens (tertiary/aromatic N) is 2. The Hall–Kier alpha value is -1.77. The van der Waals surface area contributed by atoms with E-state index < -0.39 is 0 Å². The Morgan fingerprint density at radius 1 is 1.21 bits per heavy atom. The Bertz CT molecular complexity index is 460. The minimum absolute atomic E-state index is 0.259. The first-order chi connectivity index (χ1) is 6.66. The van der Waals surface area contributed by atoms with Gasteiger partial charge in [0.05, 0.1) is 11.4 Å². The van der Waals surface area contributed by atoms with Crippen LogP contribution in [0.5, 0.6) is 5.75 Å². The third kappa shape index (κ3) is 1.48. The maximum Gasteiger partial charge on any atom is 0.117 e. The SMILES string of the molecule is Cc1cc(C)n(-c2cccc(O)c2)n1. The van der Waals surface area contributed by atoms with Crippen molar-refractivity contribution in [3.05, 3.63) is 41.7 Å². The van der Waals surface area contributed by atoms with Crippen LogP contribution in [-0.4, -0.2) is 14.9 Å². The van der Waals surface area contributed by atoms with E-state index in [1.54, 1.807) is 18.2 Å². The van der Waals surface area contributed by atoms with Gasteiger partial charge in [0.15, 0.2) is 0 Å². The molecule has 72 valence electrons. The first kappa shape index (κ1) is 8.81. The van der Waals surface area contributed by atoms with Crippen molar-refractivity contribution in [2.75, 3.05) is 0 Å².